The van der Waals surface area contributed by atoms with Crippen molar-refractivity contribution in [1.29, 1.82) is 0 Å². The van der Waals surface area contributed by atoms with Crippen LogP contribution in [0.3, 0.4) is 0 Å². The summed E-state index contributed by atoms with van der Waals surface area (Å²) in [4.78, 5) is 14.0. The Morgan fingerprint density at radius 3 is 2.06 bits per heavy atom. The van der Waals surface area contributed by atoms with Gasteiger partial charge in [0.15, 0.2) is 0 Å². The van der Waals surface area contributed by atoms with Crippen LogP contribution < -0.4 is 0 Å². The minimum atomic E-state index is -0.698. The van der Waals surface area contributed by atoms with Crippen LogP contribution in [0.25, 0.3) is 0 Å². The maximum atomic E-state index is 11.7. The Kier molecular flexibility index (Phi) is 2.88. The summed E-state index contributed by atoms with van der Waals surface area (Å²) in [5.41, 5.74) is -0.871. The first-order chi connectivity index (χ1) is 8.61. The number of carboxylic acids is 1. The smallest absolute Gasteiger partial charge is 0.315 e. The molecule has 0 amide bonds. The van der Waals surface area contributed by atoms with E-state index in [0.29, 0.717) is 32.3 Å². The molecule has 0 aromatic rings. The van der Waals surface area contributed by atoms with Crippen LogP contribution in [-0.2, 0) is 14.3 Å². The van der Waals surface area contributed by atoms with Gasteiger partial charge in [-0.2, -0.15) is 0 Å². The highest BCUT2D eigenvalue weighted by molar-refractivity contribution is 5.77. The number of hydrogen-bond acceptors (Lipinski definition) is 4. The van der Waals surface area contributed by atoms with E-state index in [1.165, 1.54) is 0 Å². The predicted octanol–water partition coefficient (Wildman–Crippen LogP) is 0.446. The summed E-state index contributed by atoms with van der Waals surface area (Å²) in [6.45, 7) is 4.02. The molecule has 0 atom stereocenters. The number of hydrogen-bond donors (Lipinski definition) is 1. The number of carboxylic acid groups (broad SMARTS) is 1. The molecule has 3 rings (SSSR count). The number of nitrogens with zero attached hydrogens (tertiary/aromatic N) is 1. The molecule has 3 fully saturated rings. The quantitative estimate of drug-likeness (QED) is 0.793. The van der Waals surface area contributed by atoms with Crippen LogP contribution in [0.4, 0.5) is 0 Å². The Hall–Kier alpha value is -0.650. The number of carbonyl (C=O) groups is 1. The van der Waals surface area contributed by atoms with Crippen molar-refractivity contribution in [2.45, 2.75) is 12.8 Å². The van der Waals surface area contributed by atoms with Gasteiger partial charge in [0, 0.05) is 5.41 Å². The van der Waals surface area contributed by atoms with Crippen molar-refractivity contribution in [3.8, 4) is 0 Å². The first-order valence-corrected chi connectivity index (χ1v) is 6.68. The molecule has 18 heavy (non-hydrogen) atoms. The third kappa shape index (κ3) is 1.47. The summed E-state index contributed by atoms with van der Waals surface area (Å²) in [7, 11) is 2.12. The molecule has 5 heteroatoms. The van der Waals surface area contributed by atoms with E-state index in [0.717, 1.165) is 25.9 Å². The lowest BCUT2D eigenvalue weighted by Crippen LogP contribution is -2.70. The average Bonchev–Trinajstić information content (AvgIpc) is 2.21. The first-order valence-electron chi connectivity index (χ1n) is 6.68. The molecule has 0 unspecified atom stereocenters. The molecule has 3 aliphatic rings. The molecule has 3 aliphatic heterocycles. The molecule has 0 aliphatic carbocycles. The van der Waals surface area contributed by atoms with Gasteiger partial charge in [-0.15, -0.1) is 0 Å². The largest absolute Gasteiger partial charge is 0.481 e. The second kappa shape index (κ2) is 4.18. The van der Waals surface area contributed by atoms with Gasteiger partial charge in [-0.3, -0.25) is 4.79 Å². The Morgan fingerprint density at radius 1 is 1.17 bits per heavy atom. The van der Waals surface area contributed by atoms with Crippen LogP contribution in [0.15, 0.2) is 0 Å². The van der Waals surface area contributed by atoms with E-state index in [4.69, 9.17) is 9.47 Å². The fourth-order valence-corrected chi connectivity index (χ4v) is 3.72. The molecule has 0 saturated carbocycles. The van der Waals surface area contributed by atoms with Gasteiger partial charge in [0.2, 0.25) is 0 Å². The van der Waals surface area contributed by atoms with Gasteiger partial charge in [0.1, 0.15) is 5.41 Å². The lowest BCUT2D eigenvalue weighted by atomic mass is 9.53. The van der Waals surface area contributed by atoms with E-state index in [1.807, 2.05) is 0 Å². The van der Waals surface area contributed by atoms with Gasteiger partial charge in [-0.1, -0.05) is 0 Å². The fraction of sp³-hybridized carbons (Fsp3) is 0.923. The summed E-state index contributed by atoms with van der Waals surface area (Å²) in [6.07, 6.45) is 2.16. The zero-order valence-electron chi connectivity index (χ0n) is 10.9. The summed E-state index contributed by atoms with van der Waals surface area (Å²) >= 11 is 0. The van der Waals surface area contributed by atoms with Gasteiger partial charge in [-0.25, -0.2) is 0 Å². The summed E-state index contributed by atoms with van der Waals surface area (Å²) in [6, 6.07) is 0. The zero-order chi connectivity index (χ0) is 12.8. The van der Waals surface area contributed by atoms with Crippen LogP contribution in [0, 0.1) is 16.7 Å². The van der Waals surface area contributed by atoms with Gasteiger partial charge < -0.3 is 19.5 Å². The van der Waals surface area contributed by atoms with E-state index >= 15 is 0 Å². The van der Waals surface area contributed by atoms with Gasteiger partial charge in [0.25, 0.3) is 0 Å². The first kappa shape index (κ1) is 12.4. The normalized spacial score (nSPS) is 31.4. The van der Waals surface area contributed by atoms with Crippen molar-refractivity contribution in [2.75, 3.05) is 46.6 Å². The highest BCUT2D eigenvalue weighted by Gasteiger charge is 2.67. The van der Waals surface area contributed by atoms with Crippen LogP contribution in [-0.4, -0.2) is 62.5 Å². The molecule has 102 valence electrons. The monoisotopic (exact) mass is 255 g/mol. The van der Waals surface area contributed by atoms with Crippen molar-refractivity contribution in [2.24, 2.45) is 16.7 Å². The second-order valence-corrected chi connectivity index (χ2v) is 6.11. The molecular weight excluding hydrogens is 234 g/mol. The Balaban J connectivity index is 1.83. The summed E-state index contributed by atoms with van der Waals surface area (Å²) in [5, 5.41) is 9.62. The Morgan fingerprint density at radius 2 is 1.72 bits per heavy atom. The molecule has 0 aromatic carbocycles. The minimum absolute atomic E-state index is 0.182. The molecule has 0 radical (unpaired) electrons. The maximum absolute atomic E-state index is 11.7. The van der Waals surface area contributed by atoms with Crippen molar-refractivity contribution >= 4 is 5.97 Å². The molecule has 5 nitrogen and oxygen atoms in total. The highest BCUT2D eigenvalue weighted by Crippen LogP contribution is 2.57. The number of likely N-dealkylation sites (tertiary alicyclic amines) is 1. The van der Waals surface area contributed by atoms with Crippen molar-refractivity contribution in [3.63, 3.8) is 0 Å². The minimum Gasteiger partial charge on any atom is -0.481 e. The maximum Gasteiger partial charge on any atom is 0.315 e. The predicted molar refractivity (Wildman–Crippen MR) is 64.4 cm³/mol. The summed E-state index contributed by atoms with van der Waals surface area (Å²) < 4.78 is 10.7. The van der Waals surface area contributed by atoms with Crippen LogP contribution >= 0.6 is 0 Å². The molecule has 0 spiro atoms. The number of ether oxygens (including phenoxy) is 2. The third-order valence-electron chi connectivity index (χ3n) is 5.28. The van der Waals surface area contributed by atoms with Crippen LogP contribution in [0.5, 0.6) is 0 Å². The zero-order valence-corrected chi connectivity index (χ0v) is 10.9. The van der Waals surface area contributed by atoms with Crippen molar-refractivity contribution in [3.05, 3.63) is 0 Å². The Bertz CT molecular complexity index is 341. The number of piperidine rings is 1. The van der Waals surface area contributed by atoms with Gasteiger partial charge in [0.05, 0.1) is 26.4 Å². The SMILES string of the molecule is CN1CCC(C2(C3(C(=O)O)COC3)COC2)CC1. The van der Waals surface area contributed by atoms with Crippen molar-refractivity contribution in [1.82, 2.24) is 4.90 Å². The summed E-state index contributed by atoms with van der Waals surface area (Å²) in [5.74, 6) is -0.238. The fourth-order valence-electron chi connectivity index (χ4n) is 3.72. The molecule has 0 bridgehead atoms. The highest BCUT2D eigenvalue weighted by atomic mass is 16.5. The number of aliphatic carboxylic acids is 1. The lowest BCUT2D eigenvalue weighted by Gasteiger charge is -2.60. The number of rotatable bonds is 3. The molecule has 0 aromatic heterocycles. The standard InChI is InChI=1S/C13H21NO4/c1-14-4-2-10(3-5-14)12(6-17-7-12)13(11(15)16)8-18-9-13/h10H,2-9H2,1H3,(H,15,16). The third-order valence-corrected chi connectivity index (χ3v) is 5.28. The molecule has 3 heterocycles. The molecule has 3 saturated heterocycles. The van der Waals surface area contributed by atoms with Crippen LogP contribution in [0.1, 0.15) is 12.8 Å². The van der Waals surface area contributed by atoms with Gasteiger partial charge in [-0.05, 0) is 38.9 Å². The van der Waals surface area contributed by atoms with E-state index in [-0.39, 0.29) is 5.41 Å². The topological polar surface area (TPSA) is 59.0 Å². The molecular formula is C13H21NO4. The average molecular weight is 255 g/mol. The second-order valence-electron chi connectivity index (χ2n) is 6.11. The van der Waals surface area contributed by atoms with E-state index < -0.39 is 11.4 Å². The van der Waals surface area contributed by atoms with E-state index in [2.05, 4.69) is 11.9 Å². The van der Waals surface area contributed by atoms with Crippen LogP contribution in [0.2, 0.25) is 0 Å². The molecule has 1 N–H and O–H groups in total. The van der Waals surface area contributed by atoms with Gasteiger partial charge >= 0.3 is 5.97 Å². The van der Waals surface area contributed by atoms with E-state index in [9.17, 15) is 9.90 Å². The van der Waals surface area contributed by atoms with Crippen molar-refractivity contribution < 1.29 is 19.4 Å². The van der Waals surface area contributed by atoms with E-state index in [1.54, 1.807) is 0 Å². The Labute approximate surface area is 107 Å². The lowest BCUT2D eigenvalue weighted by molar-refractivity contribution is -0.288.